The van der Waals surface area contributed by atoms with Gasteiger partial charge in [-0.25, -0.2) is 12.8 Å². The van der Waals surface area contributed by atoms with E-state index in [1.54, 1.807) is 36.4 Å². The number of nitrogens with zero attached hydrogens (tertiary/aromatic N) is 1. The lowest BCUT2D eigenvalue weighted by Gasteiger charge is -2.21. The van der Waals surface area contributed by atoms with Crippen molar-refractivity contribution in [3.05, 3.63) is 59.9 Å². The van der Waals surface area contributed by atoms with E-state index < -0.39 is 9.84 Å². The quantitative estimate of drug-likeness (QED) is 0.768. The maximum Gasteiger partial charge on any atom is 0.175 e. The summed E-state index contributed by atoms with van der Waals surface area (Å²) in [5, 5.41) is 0. The van der Waals surface area contributed by atoms with Gasteiger partial charge in [-0.2, -0.15) is 0 Å². The first kappa shape index (κ1) is 18.4. The van der Waals surface area contributed by atoms with E-state index in [1.165, 1.54) is 18.4 Å². The Hall–Kier alpha value is -1.92. The van der Waals surface area contributed by atoms with Gasteiger partial charge in [-0.05, 0) is 56.1 Å². The summed E-state index contributed by atoms with van der Waals surface area (Å²) in [6, 6.07) is 12.6. The molecular formula is C18H22FNO3S. The molecule has 6 heteroatoms. The molecule has 130 valence electrons. The van der Waals surface area contributed by atoms with Crippen LogP contribution in [0.1, 0.15) is 18.1 Å². The zero-order chi connectivity index (χ0) is 17.7. The molecule has 0 fully saturated rings. The minimum atomic E-state index is -3.23. The van der Waals surface area contributed by atoms with E-state index in [2.05, 4.69) is 0 Å². The molecule has 0 aliphatic rings. The third kappa shape index (κ3) is 5.32. The minimum Gasteiger partial charge on any atom is -0.486 e. The van der Waals surface area contributed by atoms with Crippen molar-refractivity contribution >= 4 is 9.84 Å². The van der Waals surface area contributed by atoms with Crippen LogP contribution in [0.3, 0.4) is 0 Å². The Kier molecular flexibility index (Phi) is 5.96. The number of hydrogen-bond acceptors (Lipinski definition) is 4. The summed E-state index contributed by atoms with van der Waals surface area (Å²) < 4.78 is 42.2. The molecule has 1 atom stereocenters. The summed E-state index contributed by atoms with van der Waals surface area (Å²) in [6.45, 7) is 0.805. The molecule has 2 rings (SSSR count). The molecule has 2 aromatic carbocycles. The van der Waals surface area contributed by atoms with Gasteiger partial charge in [-0.1, -0.05) is 12.1 Å². The summed E-state index contributed by atoms with van der Waals surface area (Å²) in [5.74, 6) is 0.261. The van der Waals surface area contributed by atoms with Crippen molar-refractivity contribution in [2.45, 2.75) is 17.4 Å². The second-order valence-corrected chi connectivity index (χ2v) is 8.01. The van der Waals surface area contributed by atoms with Crippen LogP contribution in [0, 0.1) is 5.82 Å². The second kappa shape index (κ2) is 7.77. The molecule has 1 unspecified atom stereocenters. The van der Waals surface area contributed by atoms with Crippen LogP contribution in [0.5, 0.6) is 5.75 Å². The van der Waals surface area contributed by atoms with Gasteiger partial charge in [0.2, 0.25) is 0 Å². The molecule has 24 heavy (non-hydrogen) atoms. The first-order valence-corrected chi connectivity index (χ1v) is 9.52. The van der Waals surface area contributed by atoms with E-state index in [0.717, 1.165) is 18.5 Å². The number of halogens is 1. The van der Waals surface area contributed by atoms with Crippen molar-refractivity contribution < 1.29 is 17.5 Å². The molecule has 0 aliphatic carbocycles. The average Bonchev–Trinajstić information content (AvgIpc) is 2.52. The van der Waals surface area contributed by atoms with Gasteiger partial charge in [0.15, 0.2) is 9.84 Å². The van der Waals surface area contributed by atoms with Gasteiger partial charge in [0.25, 0.3) is 0 Å². The molecule has 4 nitrogen and oxygen atoms in total. The van der Waals surface area contributed by atoms with Gasteiger partial charge in [0, 0.05) is 19.2 Å². The number of ether oxygens (including phenoxy) is 1. The van der Waals surface area contributed by atoms with E-state index >= 15 is 0 Å². The zero-order valence-corrected chi connectivity index (χ0v) is 14.9. The maximum absolute atomic E-state index is 13.0. The summed E-state index contributed by atoms with van der Waals surface area (Å²) in [4.78, 5) is 2.32. The standard InChI is InChI=1S/C18H22FNO3S/c1-20(2)13-12-18(23-16-8-6-15(19)7-9-16)14-4-10-17(11-5-14)24(3,21)22/h4-11,18H,12-13H2,1-3H3. The van der Waals surface area contributed by atoms with Crippen LogP contribution in [0.4, 0.5) is 4.39 Å². The Morgan fingerprint density at radius 2 is 1.62 bits per heavy atom. The topological polar surface area (TPSA) is 46.6 Å². The van der Waals surface area contributed by atoms with E-state index in [0.29, 0.717) is 5.75 Å². The normalized spacial score (nSPS) is 13.0. The molecule has 2 aromatic rings. The lowest BCUT2D eigenvalue weighted by molar-refractivity contribution is 0.179. The van der Waals surface area contributed by atoms with Crippen LogP contribution < -0.4 is 4.74 Å². The van der Waals surface area contributed by atoms with Crippen LogP contribution in [0.2, 0.25) is 0 Å². The Labute approximate surface area is 142 Å². The molecule has 0 saturated carbocycles. The number of hydrogen-bond donors (Lipinski definition) is 0. The molecule has 0 bridgehead atoms. The van der Waals surface area contributed by atoms with Gasteiger partial charge in [-0.15, -0.1) is 0 Å². The van der Waals surface area contributed by atoms with Crippen molar-refractivity contribution in [2.24, 2.45) is 0 Å². The van der Waals surface area contributed by atoms with Crippen molar-refractivity contribution in [1.82, 2.24) is 4.90 Å². The van der Waals surface area contributed by atoms with Gasteiger partial charge >= 0.3 is 0 Å². The molecule has 0 aliphatic heterocycles. The molecule has 0 spiro atoms. The zero-order valence-electron chi connectivity index (χ0n) is 14.1. The van der Waals surface area contributed by atoms with Gasteiger partial charge in [-0.3, -0.25) is 0 Å². The van der Waals surface area contributed by atoms with Gasteiger partial charge < -0.3 is 9.64 Å². The largest absolute Gasteiger partial charge is 0.486 e. The first-order valence-electron chi connectivity index (χ1n) is 7.62. The predicted octanol–water partition coefficient (Wildman–Crippen LogP) is 3.30. The van der Waals surface area contributed by atoms with Crippen LogP contribution >= 0.6 is 0 Å². The van der Waals surface area contributed by atoms with Crippen LogP contribution in [0.25, 0.3) is 0 Å². The fourth-order valence-electron chi connectivity index (χ4n) is 2.28. The van der Waals surface area contributed by atoms with Crippen molar-refractivity contribution in [3.8, 4) is 5.75 Å². The SMILES string of the molecule is CN(C)CCC(Oc1ccc(F)cc1)c1ccc(S(C)(=O)=O)cc1. The molecule has 0 heterocycles. The summed E-state index contributed by atoms with van der Waals surface area (Å²) in [7, 11) is 0.722. The maximum atomic E-state index is 13.0. The minimum absolute atomic E-state index is 0.244. The van der Waals surface area contributed by atoms with Crippen molar-refractivity contribution in [1.29, 1.82) is 0 Å². The molecule has 0 N–H and O–H groups in total. The summed E-state index contributed by atoms with van der Waals surface area (Å²) >= 11 is 0. The third-order valence-electron chi connectivity index (χ3n) is 3.61. The van der Waals surface area contributed by atoms with Gasteiger partial charge in [0.05, 0.1) is 4.90 Å². The summed E-state index contributed by atoms with van der Waals surface area (Å²) in [6.07, 6.45) is 1.66. The van der Waals surface area contributed by atoms with Crippen molar-refractivity contribution in [3.63, 3.8) is 0 Å². The Balaban J connectivity index is 2.23. The van der Waals surface area contributed by atoms with E-state index in [9.17, 15) is 12.8 Å². The average molecular weight is 351 g/mol. The lowest BCUT2D eigenvalue weighted by Crippen LogP contribution is -2.19. The molecule has 0 aromatic heterocycles. The molecule has 0 radical (unpaired) electrons. The number of rotatable bonds is 7. The van der Waals surface area contributed by atoms with Crippen molar-refractivity contribution in [2.75, 3.05) is 26.9 Å². The molecule has 0 saturated heterocycles. The highest BCUT2D eigenvalue weighted by Gasteiger charge is 2.16. The summed E-state index contributed by atoms with van der Waals surface area (Å²) in [5.41, 5.74) is 0.883. The monoisotopic (exact) mass is 351 g/mol. The Morgan fingerprint density at radius 3 is 2.12 bits per heavy atom. The van der Waals surface area contributed by atoms with E-state index in [4.69, 9.17) is 4.74 Å². The van der Waals surface area contributed by atoms with E-state index in [-0.39, 0.29) is 16.8 Å². The smallest absolute Gasteiger partial charge is 0.175 e. The number of sulfone groups is 1. The highest BCUT2D eigenvalue weighted by molar-refractivity contribution is 7.90. The van der Waals surface area contributed by atoms with E-state index in [1.807, 2.05) is 19.0 Å². The van der Waals surface area contributed by atoms with Crippen LogP contribution in [0.15, 0.2) is 53.4 Å². The highest BCUT2D eigenvalue weighted by atomic mass is 32.2. The molecular weight excluding hydrogens is 329 g/mol. The third-order valence-corrected chi connectivity index (χ3v) is 4.74. The second-order valence-electron chi connectivity index (χ2n) is 5.99. The molecule has 0 amide bonds. The fourth-order valence-corrected chi connectivity index (χ4v) is 2.91. The predicted molar refractivity (Wildman–Crippen MR) is 92.5 cm³/mol. The van der Waals surface area contributed by atoms with Crippen LogP contribution in [-0.4, -0.2) is 40.2 Å². The Bertz CT molecular complexity index is 756. The fraction of sp³-hybridized carbons (Fsp3) is 0.333. The Morgan fingerprint density at radius 1 is 1.04 bits per heavy atom. The van der Waals surface area contributed by atoms with Gasteiger partial charge in [0.1, 0.15) is 17.7 Å². The highest BCUT2D eigenvalue weighted by Crippen LogP contribution is 2.26. The van der Waals surface area contributed by atoms with Crippen LogP contribution in [-0.2, 0) is 9.84 Å². The first-order chi connectivity index (χ1) is 11.3. The number of benzene rings is 2. The lowest BCUT2D eigenvalue weighted by atomic mass is 10.1.